The number of thioether (sulfide) groups is 1. The van der Waals surface area contributed by atoms with Crippen LogP contribution < -0.4 is 20.7 Å². The molecule has 3 aliphatic heterocycles. The van der Waals surface area contributed by atoms with Crippen molar-refractivity contribution in [3.8, 4) is 5.75 Å². The molecule has 0 saturated carbocycles. The number of likely N-dealkylation sites (tertiary alicyclic amines) is 1. The number of carbonyl (C=O) groups is 1. The van der Waals surface area contributed by atoms with Crippen molar-refractivity contribution in [3.05, 3.63) is 88.9 Å². The Balaban J connectivity index is 1.25. The van der Waals surface area contributed by atoms with Crippen molar-refractivity contribution < 1.29 is 13.9 Å². The summed E-state index contributed by atoms with van der Waals surface area (Å²) < 4.78 is 21.4. The van der Waals surface area contributed by atoms with Crippen LogP contribution in [0.4, 0.5) is 15.8 Å². The Morgan fingerprint density at radius 3 is 2.79 bits per heavy atom. The third kappa shape index (κ3) is 6.84. The molecule has 2 aromatic carbocycles. The van der Waals surface area contributed by atoms with E-state index in [0.29, 0.717) is 29.7 Å². The van der Waals surface area contributed by atoms with Gasteiger partial charge in [0.15, 0.2) is 0 Å². The largest absolute Gasteiger partial charge is 0.456 e. The van der Waals surface area contributed by atoms with Crippen molar-refractivity contribution in [2.45, 2.75) is 38.0 Å². The maximum absolute atomic E-state index is 15.1. The van der Waals surface area contributed by atoms with E-state index in [2.05, 4.69) is 46.4 Å². The molecule has 1 amide bonds. The van der Waals surface area contributed by atoms with Gasteiger partial charge in [0.1, 0.15) is 23.5 Å². The number of carbonyl (C=O) groups excluding carboxylic acids is 1. The Morgan fingerprint density at radius 1 is 1.23 bits per heavy atom. The molecular formula is C30H36FN5O2S. The summed E-state index contributed by atoms with van der Waals surface area (Å²) in [5.74, 6) is 1.86. The van der Waals surface area contributed by atoms with Crippen LogP contribution in [0.3, 0.4) is 0 Å². The Kier molecular flexibility index (Phi) is 8.60. The van der Waals surface area contributed by atoms with Crippen molar-refractivity contribution in [1.82, 2.24) is 15.1 Å². The lowest BCUT2D eigenvalue weighted by molar-refractivity contribution is -0.111. The lowest BCUT2D eigenvalue weighted by Gasteiger charge is -2.35. The highest BCUT2D eigenvalue weighted by Crippen LogP contribution is 2.39. The minimum absolute atomic E-state index is 0.194. The number of nitrogens with one attached hydrogen (secondary N) is 3. The van der Waals surface area contributed by atoms with Crippen LogP contribution in [0.2, 0.25) is 0 Å². The monoisotopic (exact) mass is 549 g/mol. The van der Waals surface area contributed by atoms with E-state index in [1.54, 1.807) is 30.0 Å². The topological polar surface area (TPSA) is 68.9 Å². The average molecular weight is 550 g/mol. The van der Waals surface area contributed by atoms with Crippen LogP contribution in [0.1, 0.15) is 24.8 Å². The molecule has 5 rings (SSSR count). The molecule has 206 valence electrons. The fraction of sp³-hybridized carbons (Fsp3) is 0.367. The number of benzene rings is 2. The molecule has 3 aliphatic rings. The summed E-state index contributed by atoms with van der Waals surface area (Å²) in [7, 11) is 4.26. The van der Waals surface area contributed by atoms with Crippen LogP contribution in [-0.4, -0.2) is 60.9 Å². The van der Waals surface area contributed by atoms with Gasteiger partial charge >= 0.3 is 0 Å². The van der Waals surface area contributed by atoms with Gasteiger partial charge in [-0.05, 0) is 76.8 Å². The number of rotatable bonds is 9. The van der Waals surface area contributed by atoms with Crippen LogP contribution >= 0.6 is 11.8 Å². The molecule has 1 saturated heterocycles. The van der Waals surface area contributed by atoms with Crippen molar-refractivity contribution >= 4 is 29.0 Å². The zero-order chi connectivity index (χ0) is 27.4. The summed E-state index contributed by atoms with van der Waals surface area (Å²) in [5.41, 5.74) is 3.18. The van der Waals surface area contributed by atoms with Gasteiger partial charge in [0.05, 0.1) is 4.91 Å². The number of hydrogen-bond donors (Lipinski definition) is 3. The van der Waals surface area contributed by atoms with Gasteiger partial charge < -0.3 is 25.6 Å². The third-order valence-electron chi connectivity index (χ3n) is 7.32. The Bertz CT molecular complexity index is 1290. The first-order valence-electron chi connectivity index (χ1n) is 13.4. The summed E-state index contributed by atoms with van der Waals surface area (Å²) >= 11 is 1.75. The minimum atomic E-state index is -0.277. The van der Waals surface area contributed by atoms with Crippen LogP contribution in [0, 0.1) is 5.82 Å². The Morgan fingerprint density at radius 2 is 2.05 bits per heavy atom. The number of allylic oxidation sites excluding steroid dienone is 1. The fourth-order valence-electron chi connectivity index (χ4n) is 5.17. The molecule has 1 atom stereocenters. The Hall–Kier alpha value is -3.27. The van der Waals surface area contributed by atoms with Crippen molar-refractivity contribution in [3.63, 3.8) is 0 Å². The van der Waals surface area contributed by atoms with E-state index < -0.39 is 0 Å². The first-order valence-corrected chi connectivity index (χ1v) is 14.4. The second kappa shape index (κ2) is 12.3. The standard InChI is InChI=1S/C30H36FN5O2S/c1-4-29(37)33-21-6-5-7-24(16-21)38-27-18-28(34-26-12-15-39-30(26)27)32-22-9-8-20(25(31)17-22)19-36-13-10-23(11-14-36)35(2)3/h4-9,16-18,23,28,32,34H,1,10-15,19H2,2-3H3,(H,33,37). The second-order valence-corrected chi connectivity index (χ2v) is 11.4. The Labute approximate surface area is 234 Å². The highest BCUT2D eigenvalue weighted by atomic mass is 32.2. The molecule has 7 nitrogen and oxygen atoms in total. The molecule has 0 aliphatic carbocycles. The van der Waals surface area contributed by atoms with Crippen LogP contribution in [0.5, 0.6) is 5.75 Å². The third-order valence-corrected chi connectivity index (χ3v) is 8.46. The van der Waals surface area contributed by atoms with Gasteiger partial charge in [-0.3, -0.25) is 9.69 Å². The summed E-state index contributed by atoms with van der Waals surface area (Å²) in [6.07, 6.45) is 6.09. The molecule has 9 heteroatoms. The molecule has 3 heterocycles. The van der Waals surface area contributed by atoms with E-state index in [4.69, 9.17) is 4.74 Å². The van der Waals surface area contributed by atoms with E-state index in [1.807, 2.05) is 30.3 Å². The maximum atomic E-state index is 15.1. The zero-order valence-electron chi connectivity index (χ0n) is 22.5. The predicted molar refractivity (Wildman–Crippen MR) is 157 cm³/mol. The van der Waals surface area contributed by atoms with Gasteiger partial charge in [0, 0.05) is 53.1 Å². The van der Waals surface area contributed by atoms with Crippen LogP contribution in [-0.2, 0) is 11.3 Å². The number of dihydropyridines is 1. The maximum Gasteiger partial charge on any atom is 0.247 e. The molecule has 0 aromatic heterocycles. The first kappa shape index (κ1) is 27.3. The molecule has 2 aromatic rings. The van der Waals surface area contributed by atoms with E-state index in [1.165, 1.54) is 6.08 Å². The van der Waals surface area contributed by atoms with Crippen LogP contribution in [0.25, 0.3) is 0 Å². The lowest BCUT2D eigenvalue weighted by Crippen LogP contribution is -2.41. The molecule has 1 unspecified atom stereocenters. The van der Waals surface area contributed by atoms with E-state index in [9.17, 15) is 4.79 Å². The van der Waals surface area contributed by atoms with E-state index >= 15 is 4.39 Å². The number of anilines is 2. The SMILES string of the molecule is C=CC(=O)Nc1cccc(OC2=CC(Nc3ccc(CN4CCC(N(C)C)CC4)c(F)c3)NC3=C2SCC3)c1. The smallest absolute Gasteiger partial charge is 0.247 e. The van der Waals surface area contributed by atoms with Crippen molar-refractivity contribution in [2.24, 2.45) is 0 Å². The molecule has 0 radical (unpaired) electrons. The van der Waals surface area contributed by atoms with E-state index in [0.717, 1.165) is 60.0 Å². The van der Waals surface area contributed by atoms with Gasteiger partial charge in [-0.25, -0.2) is 4.39 Å². The molecule has 0 spiro atoms. The highest BCUT2D eigenvalue weighted by Gasteiger charge is 2.28. The zero-order valence-corrected chi connectivity index (χ0v) is 23.3. The summed E-state index contributed by atoms with van der Waals surface area (Å²) in [5, 5.41) is 9.69. The summed E-state index contributed by atoms with van der Waals surface area (Å²) in [6, 6.07) is 13.3. The molecule has 0 bridgehead atoms. The lowest BCUT2D eigenvalue weighted by atomic mass is 10.0. The average Bonchev–Trinajstić information content (AvgIpc) is 3.40. The number of nitrogens with zero attached hydrogens (tertiary/aromatic N) is 2. The number of piperidine rings is 1. The van der Waals surface area contributed by atoms with Crippen LogP contribution in [0.15, 0.2) is 77.6 Å². The van der Waals surface area contributed by atoms with E-state index in [-0.39, 0.29) is 17.9 Å². The number of halogens is 1. The molecular weight excluding hydrogens is 513 g/mol. The van der Waals surface area contributed by atoms with Gasteiger partial charge in [-0.2, -0.15) is 0 Å². The van der Waals surface area contributed by atoms with Gasteiger partial charge in [-0.15, -0.1) is 11.8 Å². The molecule has 1 fully saturated rings. The first-order chi connectivity index (χ1) is 18.9. The fourth-order valence-corrected chi connectivity index (χ4v) is 6.26. The number of ether oxygens (including phenoxy) is 1. The normalized spacial score (nSPS) is 19.8. The highest BCUT2D eigenvalue weighted by molar-refractivity contribution is 8.03. The van der Waals surface area contributed by atoms with Gasteiger partial charge in [0.2, 0.25) is 5.91 Å². The number of amides is 1. The summed E-state index contributed by atoms with van der Waals surface area (Å²) in [4.78, 5) is 17.4. The quantitative estimate of drug-likeness (QED) is 0.375. The number of hydrogen-bond acceptors (Lipinski definition) is 7. The summed E-state index contributed by atoms with van der Waals surface area (Å²) in [6.45, 7) is 6.10. The molecule has 39 heavy (non-hydrogen) atoms. The van der Waals surface area contributed by atoms with Crippen molar-refractivity contribution in [2.75, 3.05) is 43.6 Å². The predicted octanol–water partition coefficient (Wildman–Crippen LogP) is 5.13. The van der Waals surface area contributed by atoms with Gasteiger partial charge in [0.25, 0.3) is 0 Å². The van der Waals surface area contributed by atoms with Crippen molar-refractivity contribution in [1.29, 1.82) is 0 Å². The second-order valence-electron chi connectivity index (χ2n) is 10.3. The minimum Gasteiger partial charge on any atom is -0.456 e. The molecule has 3 N–H and O–H groups in total. The van der Waals surface area contributed by atoms with Gasteiger partial charge in [-0.1, -0.05) is 18.7 Å².